The molecule has 2 heterocycles. The number of nitrogens with one attached hydrogen (secondary N) is 1. The van der Waals surface area contributed by atoms with Crippen LogP contribution < -0.4 is 5.32 Å². The number of hydrogen-bond donors (Lipinski definition) is 1. The van der Waals surface area contributed by atoms with Gasteiger partial charge in [0.2, 0.25) is 0 Å². The summed E-state index contributed by atoms with van der Waals surface area (Å²) in [5, 5.41) is 12.0. The van der Waals surface area contributed by atoms with Crippen LogP contribution in [0.1, 0.15) is 31.3 Å². The molecule has 2 aromatic heterocycles. The molecule has 100 valence electrons. The molecule has 5 nitrogen and oxygen atoms in total. The summed E-state index contributed by atoms with van der Waals surface area (Å²) >= 11 is 0. The first-order chi connectivity index (χ1) is 8.08. The molecule has 0 saturated heterocycles. The Balaban J connectivity index is 0.00000162. The van der Waals surface area contributed by atoms with E-state index in [-0.39, 0.29) is 12.4 Å². The Morgan fingerprint density at radius 2 is 2.11 bits per heavy atom. The van der Waals surface area contributed by atoms with Gasteiger partial charge in [0, 0.05) is 31.0 Å². The predicted octanol–water partition coefficient (Wildman–Crippen LogP) is 2.54. The third-order valence-electron chi connectivity index (χ3n) is 2.81. The second kappa shape index (κ2) is 5.91. The molecule has 0 aliphatic heterocycles. The maximum absolute atomic E-state index is 4.36. The quantitative estimate of drug-likeness (QED) is 0.928. The minimum Gasteiger partial charge on any atom is -0.363 e. The molecule has 0 radical (unpaired) electrons. The molecular weight excluding hydrogens is 250 g/mol. The lowest BCUT2D eigenvalue weighted by molar-refractivity contribution is 0.512. The van der Waals surface area contributed by atoms with Crippen LogP contribution in [0.4, 0.5) is 5.82 Å². The summed E-state index contributed by atoms with van der Waals surface area (Å²) in [5.41, 5.74) is 2.31. The molecule has 0 aliphatic rings. The normalized spacial score (nSPS) is 10.5. The molecule has 0 aromatic carbocycles. The van der Waals surface area contributed by atoms with Gasteiger partial charge in [-0.3, -0.25) is 9.36 Å². The van der Waals surface area contributed by atoms with E-state index in [0.29, 0.717) is 6.04 Å². The zero-order valence-electron chi connectivity index (χ0n) is 11.2. The van der Waals surface area contributed by atoms with Gasteiger partial charge in [0.1, 0.15) is 5.82 Å². The number of anilines is 1. The fourth-order valence-corrected chi connectivity index (χ4v) is 1.77. The van der Waals surface area contributed by atoms with Crippen LogP contribution in [-0.4, -0.2) is 19.6 Å². The summed E-state index contributed by atoms with van der Waals surface area (Å²) < 4.78 is 3.88. The fraction of sp³-hybridized carbons (Fsp3) is 0.500. The van der Waals surface area contributed by atoms with Crippen LogP contribution in [0.25, 0.3) is 0 Å². The van der Waals surface area contributed by atoms with E-state index in [1.807, 2.05) is 41.7 Å². The molecule has 2 aromatic rings. The SMILES string of the molecule is Cc1cc(NCc2ccnn2C(C)C)nn1C.Cl. The summed E-state index contributed by atoms with van der Waals surface area (Å²) in [6, 6.07) is 4.45. The van der Waals surface area contributed by atoms with Crippen LogP contribution in [0, 0.1) is 6.92 Å². The Morgan fingerprint density at radius 3 is 2.67 bits per heavy atom. The van der Waals surface area contributed by atoms with Gasteiger partial charge >= 0.3 is 0 Å². The van der Waals surface area contributed by atoms with E-state index in [0.717, 1.165) is 18.1 Å². The molecule has 0 atom stereocenters. The van der Waals surface area contributed by atoms with Crippen molar-refractivity contribution in [1.82, 2.24) is 19.6 Å². The molecule has 0 bridgehead atoms. The van der Waals surface area contributed by atoms with Crippen molar-refractivity contribution < 1.29 is 0 Å². The molecule has 0 fully saturated rings. The first kappa shape index (κ1) is 14.6. The van der Waals surface area contributed by atoms with Gasteiger partial charge < -0.3 is 5.32 Å². The van der Waals surface area contributed by atoms with E-state index in [9.17, 15) is 0 Å². The van der Waals surface area contributed by atoms with Crippen molar-refractivity contribution in [2.75, 3.05) is 5.32 Å². The van der Waals surface area contributed by atoms with Gasteiger partial charge in [-0.25, -0.2) is 0 Å². The van der Waals surface area contributed by atoms with Crippen LogP contribution in [0.15, 0.2) is 18.3 Å². The number of nitrogens with zero attached hydrogens (tertiary/aromatic N) is 4. The Bertz CT molecular complexity index is 481. The molecule has 6 heteroatoms. The van der Waals surface area contributed by atoms with E-state index in [1.165, 1.54) is 5.69 Å². The Morgan fingerprint density at radius 1 is 1.39 bits per heavy atom. The lowest BCUT2D eigenvalue weighted by Crippen LogP contribution is -2.11. The molecule has 0 amide bonds. The minimum atomic E-state index is 0. The van der Waals surface area contributed by atoms with Crippen LogP contribution in [-0.2, 0) is 13.6 Å². The maximum atomic E-state index is 4.36. The third-order valence-corrected chi connectivity index (χ3v) is 2.81. The van der Waals surface area contributed by atoms with Crippen molar-refractivity contribution in [1.29, 1.82) is 0 Å². The summed E-state index contributed by atoms with van der Waals surface area (Å²) in [4.78, 5) is 0. The van der Waals surface area contributed by atoms with Gasteiger partial charge in [-0.1, -0.05) is 0 Å². The molecule has 1 N–H and O–H groups in total. The minimum absolute atomic E-state index is 0. The fourth-order valence-electron chi connectivity index (χ4n) is 1.77. The summed E-state index contributed by atoms with van der Waals surface area (Å²) in [6.45, 7) is 7.04. The second-order valence-electron chi connectivity index (χ2n) is 4.51. The number of aryl methyl sites for hydroxylation is 2. The van der Waals surface area contributed by atoms with Crippen LogP contribution in [0.5, 0.6) is 0 Å². The molecule has 18 heavy (non-hydrogen) atoms. The van der Waals surface area contributed by atoms with Crippen molar-refractivity contribution in [2.45, 2.75) is 33.4 Å². The third kappa shape index (κ3) is 3.04. The van der Waals surface area contributed by atoms with E-state index in [1.54, 1.807) is 0 Å². The van der Waals surface area contributed by atoms with Crippen molar-refractivity contribution in [3.8, 4) is 0 Å². The predicted molar refractivity (Wildman–Crippen MR) is 75.1 cm³/mol. The molecular formula is C12H20ClN5. The number of halogens is 1. The lowest BCUT2D eigenvalue weighted by atomic mass is 10.3. The van der Waals surface area contributed by atoms with Crippen molar-refractivity contribution in [3.05, 3.63) is 29.7 Å². The van der Waals surface area contributed by atoms with Crippen LogP contribution in [0.3, 0.4) is 0 Å². The van der Waals surface area contributed by atoms with Crippen molar-refractivity contribution in [2.24, 2.45) is 7.05 Å². The summed E-state index contributed by atoms with van der Waals surface area (Å²) in [6.07, 6.45) is 1.83. The molecule has 0 unspecified atom stereocenters. The van der Waals surface area contributed by atoms with E-state index in [4.69, 9.17) is 0 Å². The van der Waals surface area contributed by atoms with E-state index < -0.39 is 0 Å². The highest BCUT2D eigenvalue weighted by atomic mass is 35.5. The maximum Gasteiger partial charge on any atom is 0.148 e. The molecule has 0 saturated carbocycles. The van der Waals surface area contributed by atoms with Gasteiger partial charge in [0.05, 0.1) is 12.2 Å². The van der Waals surface area contributed by atoms with Gasteiger partial charge in [0.15, 0.2) is 0 Å². The zero-order valence-corrected chi connectivity index (χ0v) is 12.0. The monoisotopic (exact) mass is 269 g/mol. The van der Waals surface area contributed by atoms with Crippen LogP contribution >= 0.6 is 12.4 Å². The van der Waals surface area contributed by atoms with E-state index >= 15 is 0 Å². The average Bonchev–Trinajstić information content (AvgIpc) is 2.83. The van der Waals surface area contributed by atoms with Gasteiger partial charge in [0.25, 0.3) is 0 Å². The van der Waals surface area contributed by atoms with Gasteiger partial charge in [-0.15, -0.1) is 12.4 Å². The van der Waals surface area contributed by atoms with Gasteiger partial charge in [-0.05, 0) is 26.8 Å². The number of hydrogen-bond acceptors (Lipinski definition) is 3. The molecule has 2 rings (SSSR count). The van der Waals surface area contributed by atoms with Gasteiger partial charge in [-0.2, -0.15) is 10.2 Å². The topological polar surface area (TPSA) is 47.7 Å². The second-order valence-corrected chi connectivity index (χ2v) is 4.51. The highest BCUT2D eigenvalue weighted by Gasteiger charge is 2.06. The number of rotatable bonds is 4. The van der Waals surface area contributed by atoms with Crippen molar-refractivity contribution >= 4 is 18.2 Å². The standard InChI is InChI=1S/C12H19N5.ClH/c1-9(2)17-11(5-6-14-17)8-13-12-7-10(3)16(4)15-12;/h5-7,9H,8H2,1-4H3,(H,13,15);1H. The Kier molecular flexibility index (Phi) is 4.78. The smallest absolute Gasteiger partial charge is 0.148 e. The zero-order chi connectivity index (χ0) is 12.4. The largest absolute Gasteiger partial charge is 0.363 e. The summed E-state index contributed by atoms with van der Waals surface area (Å²) in [5.74, 6) is 0.904. The first-order valence-electron chi connectivity index (χ1n) is 5.85. The summed E-state index contributed by atoms with van der Waals surface area (Å²) in [7, 11) is 1.94. The lowest BCUT2D eigenvalue weighted by Gasteiger charge is -2.11. The van der Waals surface area contributed by atoms with Crippen molar-refractivity contribution in [3.63, 3.8) is 0 Å². The average molecular weight is 270 g/mol. The molecule has 0 aliphatic carbocycles. The molecule has 0 spiro atoms. The highest BCUT2D eigenvalue weighted by Crippen LogP contribution is 2.11. The highest BCUT2D eigenvalue weighted by molar-refractivity contribution is 5.85. The van der Waals surface area contributed by atoms with E-state index in [2.05, 4.69) is 29.4 Å². The first-order valence-corrected chi connectivity index (χ1v) is 5.85. The Labute approximate surface area is 114 Å². The van der Waals surface area contributed by atoms with Crippen LogP contribution in [0.2, 0.25) is 0 Å². The Hall–Kier alpha value is -1.49. The number of aromatic nitrogens is 4.